The van der Waals surface area contributed by atoms with Crippen molar-refractivity contribution in [2.24, 2.45) is 0 Å². The molecule has 0 amide bonds. The number of carboxylic acid groups (broad SMARTS) is 1. The van der Waals surface area contributed by atoms with Gasteiger partial charge in [-0.05, 0) is 42.3 Å². The first kappa shape index (κ1) is 17.7. The van der Waals surface area contributed by atoms with Crippen LogP contribution in [0.2, 0.25) is 5.02 Å². The number of halogens is 4. The van der Waals surface area contributed by atoms with Gasteiger partial charge in [0, 0.05) is 9.92 Å². The van der Waals surface area contributed by atoms with Gasteiger partial charge in [-0.2, -0.15) is 13.2 Å². The van der Waals surface area contributed by atoms with Crippen LogP contribution < -0.4 is 0 Å². The predicted molar refractivity (Wildman–Crippen MR) is 83.9 cm³/mol. The largest absolute Gasteiger partial charge is 0.480 e. The summed E-state index contributed by atoms with van der Waals surface area (Å²) in [7, 11) is 0. The van der Waals surface area contributed by atoms with Crippen LogP contribution in [0.15, 0.2) is 53.4 Å². The molecule has 0 spiro atoms. The summed E-state index contributed by atoms with van der Waals surface area (Å²) in [6.07, 6.45) is -4.45. The summed E-state index contributed by atoms with van der Waals surface area (Å²) in [5.41, 5.74) is -0.454. The third-order valence-electron chi connectivity index (χ3n) is 3.04. The summed E-state index contributed by atoms with van der Waals surface area (Å²) in [4.78, 5) is 12.1. The maximum Gasteiger partial charge on any atom is 0.416 e. The molecule has 122 valence electrons. The van der Waals surface area contributed by atoms with Gasteiger partial charge in [0.05, 0.1) is 5.56 Å². The lowest BCUT2D eigenvalue weighted by atomic mass is 10.1. The van der Waals surface area contributed by atoms with Crippen molar-refractivity contribution in [1.29, 1.82) is 0 Å². The van der Waals surface area contributed by atoms with Gasteiger partial charge in [0.15, 0.2) is 0 Å². The van der Waals surface area contributed by atoms with E-state index in [0.717, 1.165) is 23.9 Å². The molecule has 0 radical (unpaired) electrons. The molecule has 0 aliphatic rings. The molecule has 0 heterocycles. The van der Waals surface area contributed by atoms with E-state index in [-0.39, 0.29) is 6.42 Å². The molecule has 1 atom stereocenters. The van der Waals surface area contributed by atoms with Crippen molar-refractivity contribution in [2.75, 3.05) is 0 Å². The lowest BCUT2D eigenvalue weighted by Gasteiger charge is -2.14. The second-order valence-electron chi connectivity index (χ2n) is 4.80. The molecule has 0 aliphatic carbocycles. The zero-order valence-electron chi connectivity index (χ0n) is 11.7. The molecule has 0 fully saturated rings. The lowest BCUT2D eigenvalue weighted by Crippen LogP contribution is -2.19. The summed E-state index contributed by atoms with van der Waals surface area (Å²) in [6, 6.07) is 11.3. The molecule has 2 aromatic rings. The minimum Gasteiger partial charge on any atom is -0.480 e. The van der Waals surface area contributed by atoms with Gasteiger partial charge >= 0.3 is 12.1 Å². The molecule has 0 bridgehead atoms. The van der Waals surface area contributed by atoms with E-state index in [9.17, 15) is 23.1 Å². The Labute approximate surface area is 140 Å². The molecule has 2 rings (SSSR count). The van der Waals surface area contributed by atoms with Crippen molar-refractivity contribution in [3.63, 3.8) is 0 Å². The van der Waals surface area contributed by atoms with E-state index in [4.69, 9.17) is 11.6 Å². The van der Waals surface area contributed by atoms with E-state index in [2.05, 4.69) is 0 Å². The van der Waals surface area contributed by atoms with Crippen molar-refractivity contribution in [3.8, 4) is 0 Å². The van der Waals surface area contributed by atoms with Gasteiger partial charge < -0.3 is 5.11 Å². The maximum atomic E-state index is 12.7. The van der Waals surface area contributed by atoms with Crippen molar-refractivity contribution >= 4 is 29.3 Å². The van der Waals surface area contributed by atoms with Crippen LogP contribution in [0.1, 0.15) is 11.1 Å². The van der Waals surface area contributed by atoms with Crippen LogP contribution in [-0.2, 0) is 17.4 Å². The SMILES string of the molecule is O=C(O)[C@@H](Cc1cccc(C(F)(F)F)c1)Sc1ccc(Cl)cc1. The summed E-state index contributed by atoms with van der Waals surface area (Å²) in [5.74, 6) is -1.08. The summed E-state index contributed by atoms with van der Waals surface area (Å²) in [5, 5.41) is 8.95. The number of hydrogen-bond acceptors (Lipinski definition) is 2. The standard InChI is InChI=1S/C16H12ClF3O2S/c17-12-4-6-13(7-5-12)23-14(15(21)22)9-10-2-1-3-11(8-10)16(18,19)20/h1-8,14H,9H2,(H,21,22)/t14-/m1/s1. The smallest absolute Gasteiger partial charge is 0.416 e. The first-order valence-electron chi connectivity index (χ1n) is 6.57. The zero-order valence-corrected chi connectivity index (χ0v) is 13.3. The minimum atomic E-state index is -4.45. The van der Waals surface area contributed by atoms with Crippen LogP contribution in [0.4, 0.5) is 13.2 Å². The number of alkyl halides is 3. The second-order valence-corrected chi connectivity index (χ2v) is 6.51. The average molecular weight is 361 g/mol. The molecule has 2 aromatic carbocycles. The molecule has 2 nitrogen and oxygen atoms in total. The molecule has 7 heteroatoms. The molecule has 23 heavy (non-hydrogen) atoms. The van der Waals surface area contributed by atoms with Gasteiger partial charge in [-0.15, -0.1) is 11.8 Å². The predicted octanol–water partition coefficient (Wildman–Crippen LogP) is 5.15. The quantitative estimate of drug-likeness (QED) is 0.749. The minimum absolute atomic E-state index is 0.00739. The molecule has 1 N–H and O–H groups in total. The van der Waals surface area contributed by atoms with Crippen molar-refractivity contribution in [2.45, 2.75) is 22.7 Å². The van der Waals surface area contributed by atoms with Crippen LogP contribution in [0, 0.1) is 0 Å². The van der Waals surface area contributed by atoms with E-state index in [1.807, 2.05) is 0 Å². The molecular weight excluding hydrogens is 349 g/mol. The Morgan fingerprint density at radius 1 is 1.17 bits per heavy atom. The van der Waals surface area contributed by atoms with Gasteiger partial charge in [0.1, 0.15) is 5.25 Å². The third kappa shape index (κ3) is 5.18. The molecule has 0 unspecified atom stereocenters. The number of carbonyl (C=O) groups is 1. The van der Waals surface area contributed by atoms with Gasteiger partial charge in [-0.25, -0.2) is 0 Å². The van der Waals surface area contributed by atoms with E-state index in [1.54, 1.807) is 24.3 Å². The average Bonchev–Trinajstić information content (AvgIpc) is 2.48. The van der Waals surface area contributed by atoms with Crippen LogP contribution >= 0.6 is 23.4 Å². The first-order valence-corrected chi connectivity index (χ1v) is 7.82. The van der Waals surface area contributed by atoms with E-state index in [0.29, 0.717) is 15.5 Å². The number of thioether (sulfide) groups is 1. The number of aliphatic carboxylic acids is 1. The van der Waals surface area contributed by atoms with Gasteiger partial charge in [0.25, 0.3) is 0 Å². The fourth-order valence-electron chi connectivity index (χ4n) is 1.95. The fourth-order valence-corrected chi connectivity index (χ4v) is 3.07. The highest BCUT2D eigenvalue weighted by atomic mass is 35.5. The summed E-state index contributed by atoms with van der Waals surface area (Å²) in [6.45, 7) is 0. The van der Waals surface area contributed by atoms with Crippen LogP contribution in [0.5, 0.6) is 0 Å². The first-order chi connectivity index (χ1) is 10.8. The highest BCUT2D eigenvalue weighted by Crippen LogP contribution is 2.31. The van der Waals surface area contributed by atoms with E-state index < -0.39 is 23.0 Å². The molecule has 0 saturated heterocycles. The van der Waals surface area contributed by atoms with Gasteiger partial charge in [-0.3, -0.25) is 4.79 Å². The lowest BCUT2D eigenvalue weighted by molar-refractivity contribution is -0.137. The van der Waals surface area contributed by atoms with Crippen molar-refractivity contribution in [3.05, 3.63) is 64.7 Å². The number of carboxylic acids is 1. The van der Waals surface area contributed by atoms with Crippen molar-refractivity contribution in [1.82, 2.24) is 0 Å². The van der Waals surface area contributed by atoms with Gasteiger partial charge in [-0.1, -0.05) is 29.8 Å². The molecule has 0 aromatic heterocycles. The molecule has 0 saturated carbocycles. The van der Waals surface area contributed by atoms with Crippen LogP contribution in [0.25, 0.3) is 0 Å². The number of rotatable bonds is 5. The van der Waals surface area contributed by atoms with E-state index in [1.165, 1.54) is 12.1 Å². The number of benzene rings is 2. The van der Waals surface area contributed by atoms with Crippen LogP contribution in [-0.4, -0.2) is 16.3 Å². The van der Waals surface area contributed by atoms with Crippen LogP contribution in [0.3, 0.4) is 0 Å². The Morgan fingerprint density at radius 2 is 1.83 bits per heavy atom. The topological polar surface area (TPSA) is 37.3 Å². The highest BCUT2D eigenvalue weighted by molar-refractivity contribution is 8.00. The van der Waals surface area contributed by atoms with Crippen molar-refractivity contribution < 1.29 is 23.1 Å². The zero-order chi connectivity index (χ0) is 17.0. The Hall–Kier alpha value is -1.66. The molecular formula is C16H12ClF3O2S. The summed E-state index contributed by atoms with van der Waals surface area (Å²) < 4.78 is 38.1. The second kappa shape index (κ2) is 7.27. The fraction of sp³-hybridized carbons (Fsp3) is 0.188. The maximum absolute atomic E-state index is 12.7. The monoisotopic (exact) mass is 360 g/mol. The van der Waals surface area contributed by atoms with E-state index >= 15 is 0 Å². The third-order valence-corrected chi connectivity index (χ3v) is 4.49. The number of hydrogen-bond donors (Lipinski definition) is 1. The summed E-state index contributed by atoms with van der Waals surface area (Å²) >= 11 is 6.84. The highest BCUT2D eigenvalue weighted by Gasteiger charge is 2.30. The van der Waals surface area contributed by atoms with Gasteiger partial charge in [0.2, 0.25) is 0 Å². The Morgan fingerprint density at radius 3 is 2.39 bits per heavy atom. The Kier molecular flexibility index (Phi) is 5.59. The normalized spacial score (nSPS) is 12.9. The Balaban J connectivity index is 2.16. The Bertz CT molecular complexity index is 686. The molecule has 0 aliphatic heterocycles.